The molecule has 136 valence electrons. The van der Waals surface area contributed by atoms with E-state index in [0.29, 0.717) is 42.9 Å². The number of nitrogens with zero attached hydrogens (tertiary/aromatic N) is 1. The molecule has 25 heavy (non-hydrogen) atoms. The van der Waals surface area contributed by atoms with Crippen molar-refractivity contribution in [2.75, 3.05) is 32.8 Å². The van der Waals surface area contributed by atoms with Gasteiger partial charge >= 0.3 is 0 Å². The van der Waals surface area contributed by atoms with Gasteiger partial charge in [0.2, 0.25) is 5.91 Å². The normalized spacial score (nSPS) is 18.0. The van der Waals surface area contributed by atoms with Gasteiger partial charge in [0.15, 0.2) is 17.3 Å². The molecular formula is C19H26N2O4. The number of carbonyl (C=O) groups is 2. The quantitative estimate of drug-likeness (QED) is 0.765. The van der Waals surface area contributed by atoms with E-state index in [0.717, 1.165) is 13.1 Å². The summed E-state index contributed by atoms with van der Waals surface area (Å²) < 4.78 is 10.9. The summed E-state index contributed by atoms with van der Waals surface area (Å²) in [5, 5.41) is 2.94. The fourth-order valence-electron chi connectivity index (χ4n) is 3.25. The molecule has 1 amide bonds. The molecule has 6 nitrogen and oxygen atoms in total. The number of ketones is 1. The van der Waals surface area contributed by atoms with Crippen LogP contribution in [0, 0.1) is 0 Å². The summed E-state index contributed by atoms with van der Waals surface area (Å²) >= 11 is 0. The molecular weight excluding hydrogens is 320 g/mol. The Bertz CT molecular complexity index is 626. The zero-order valence-corrected chi connectivity index (χ0v) is 14.8. The number of likely N-dealkylation sites (tertiary alicyclic amines) is 1. The fraction of sp³-hybridized carbons (Fsp3) is 0.579. The van der Waals surface area contributed by atoms with Gasteiger partial charge in [0.1, 0.15) is 13.2 Å². The maximum Gasteiger partial charge on any atom is 0.220 e. The van der Waals surface area contributed by atoms with Crippen LogP contribution in [0.1, 0.15) is 43.0 Å². The first-order valence-electron chi connectivity index (χ1n) is 9.07. The second-order valence-electron chi connectivity index (χ2n) is 6.68. The Morgan fingerprint density at radius 1 is 1.12 bits per heavy atom. The van der Waals surface area contributed by atoms with Crippen LogP contribution < -0.4 is 14.8 Å². The largest absolute Gasteiger partial charge is 0.486 e. The number of nitrogens with one attached hydrogen (secondary N) is 1. The highest BCUT2D eigenvalue weighted by molar-refractivity contribution is 5.98. The van der Waals surface area contributed by atoms with E-state index in [9.17, 15) is 9.59 Å². The molecule has 0 aromatic heterocycles. The maximum absolute atomic E-state index is 12.3. The van der Waals surface area contributed by atoms with Crippen LogP contribution in [0.2, 0.25) is 0 Å². The van der Waals surface area contributed by atoms with Crippen LogP contribution in [-0.2, 0) is 4.79 Å². The first-order chi connectivity index (χ1) is 12.1. The molecule has 0 saturated carbocycles. The number of carbonyl (C=O) groups excluding carboxylic acids is 2. The molecule has 3 rings (SSSR count). The number of hydrogen-bond donors (Lipinski definition) is 1. The molecule has 1 atom stereocenters. The summed E-state index contributed by atoms with van der Waals surface area (Å²) in [5.74, 6) is 1.13. The van der Waals surface area contributed by atoms with Crippen LogP contribution in [-0.4, -0.2) is 55.5 Å². The zero-order chi connectivity index (χ0) is 17.6. The summed E-state index contributed by atoms with van der Waals surface area (Å²) in [6.07, 6.45) is 2.88. The molecule has 1 unspecified atom stereocenters. The first kappa shape index (κ1) is 17.7. The Hall–Kier alpha value is -2.08. The molecule has 1 saturated heterocycles. The number of amides is 1. The van der Waals surface area contributed by atoms with E-state index in [1.54, 1.807) is 18.2 Å². The van der Waals surface area contributed by atoms with Gasteiger partial charge in [0, 0.05) is 31.0 Å². The van der Waals surface area contributed by atoms with E-state index in [-0.39, 0.29) is 24.5 Å². The molecule has 2 heterocycles. The van der Waals surface area contributed by atoms with E-state index < -0.39 is 0 Å². The van der Waals surface area contributed by atoms with E-state index >= 15 is 0 Å². The zero-order valence-electron chi connectivity index (χ0n) is 14.8. The molecule has 1 aromatic rings. The Morgan fingerprint density at radius 3 is 2.60 bits per heavy atom. The molecule has 0 spiro atoms. The standard InChI is InChI=1S/C19H26N2O4/c1-14(21-8-2-3-9-21)13-20-19(23)7-5-16(22)15-4-6-17-18(12-15)25-11-10-24-17/h4,6,12,14H,2-3,5,7-11,13H2,1H3,(H,20,23). The van der Waals surface area contributed by atoms with E-state index in [4.69, 9.17) is 9.47 Å². The van der Waals surface area contributed by atoms with Gasteiger partial charge in [-0.2, -0.15) is 0 Å². The number of Topliss-reactive ketones (excluding diaryl/α,β-unsaturated/α-hetero) is 1. The Labute approximate surface area is 148 Å². The lowest BCUT2D eigenvalue weighted by molar-refractivity contribution is -0.121. The number of rotatable bonds is 7. The summed E-state index contributed by atoms with van der Waals surface area (Å²) in [6.45, 7) is 6.00. The van der Waals surface area contributed by atoms with Gasteiger partial charge in [-0.3, -0.25) is 14.5 Å². The van der Waals surface area contributed by atoms with Crippen molar-refractivity contribution in [2.24, 2.45) is 0 Å². The summed E-state index contributed by atoms with van der Waals surface area (Å²) in [4.78, 5) is 26.7. The van der Waals surface area contributed by atoms with Gasteiger partial charge in [0.05, 0.1) is 0 Å². The van der Waals surface area contributed by atoms with Crippen molar-refractivity contribution in [1.29, 1.82) is 0 Å². The Morgan fingerprint density at radius 2 is 1.84 bits per heavy atom. The van der Waals surface area contributed by atoms with E-state index in [2.05, 4.69) is 17.1 Å². The summed E-state index contributed by atoms with van der Waals surface area (Å²) in [5.41, 5.74) is 0.558. The fourth-order valence-corrected chi connectivity index (χ4v) is 3.25. The minimum absolute atomic E-state index is 0.0558. The molecule has 0 bridgehead atoms. The van der Waals surface area contributed by atoms with E-state index in [1.807, 2.05) is 0 Å². The highest BCUT2D eigenvalue weighted by Gasteiger charge is 2.19. The average Bonchev–Trinajstić information content (AvgIpc) is 3.18. The summed E-state index contributed by atoms with van der Waals surface area (Å²) in [7, 11) is 0. The van der Waals surface area contributed by atoms with Gasteiger partial charge in [-0.1, -0.05) is 0 Å². The van der Waals surface area contributed by atoms with Crippen molar-refractivity contribution in [3.8, 4) is 11.5 Å². The van der Waals surface area contributed by atoms with Crippen molar-refractivity contribution in [3.63, 3.8) is 0 Å². The Kier molecular flexibility index (Phi) is 5.91. The van der Waals surface area contributed by atoms with Crippen molar-refractivity contribution >= 4 is 11.7 Å². The first-order valence-corrected chi connectivity index (χ1v) is 9.07. The number of fused-ring (bicyclic) bond motifs is 1. The smallest absolute Gasteiger partial charge is 0.220 e. The molecule has 1 aromatic carbocycles. The van der Waals surface area contributed by atoms with Crippen LogP contribution in [0.5, 0.6) is 11.5 Å². The van der Waals surface area contributed by atoms with Crippen LogP contribution in [0.3, 0.4) is 0 Å². The van der Waals surface area contributed by atoms with Crippen molar-refractivity contribution < 1.29 is 19.1 Å². The third-order valence-electron chi connectivity index (χ3n) is 4.80. The molecule has 0 radical (unpaired) electrons. The van der Waals surface area contributed by atoms with Gasteiger partial charge in [-0.15, -0.1) is 0 Å². The molecule has 1 N–H and O–H groups in total. The lowest BCUT2D eigenvalue weighted by atomic mass is 10.1. The molecule has 0 aliphatic carbocycles. The number of benzene rings is 1. The minimum Gasteiger partial charge on any atom is -0.486 e. The van der Waals surface area contributed by atoms with Crippen LogP contribution >= 0.6 is 0 Å². The van der Waals surface area contributed by atoms with Crippen molar-refractivity contribution in [1.82, 2.24) is 10.2 Å². The predicted octanol–water partition coefficient (Wildman–Crippen LogP) is 2.02. The SMILES string of the molecule is CC(CNC(=O)CCC(=O)c1ccc2c(c1)OCCO2)N1CCCC1. The highest BCUT2D eigenvalue weighted by Crippen LogP contribution is 2.31. The lowest BCUT2D eigenvalue weighted by Crippen LogP contribution is -2.40. The van der Waals surface area contributed by atoms with Gasteiger partial charge in [0.25, 0.3) is 0 Å². The molecule has 2 aliphatic heterocycles. The minimum atomic E-state index is -0.0723. The Balaban J connectivity index is 1.43. The van der Waals surface area contributed by atoms with Crippen molar-refractivity contribution in [2.45, 2.75) is 38.6 Å². The second-order valence-corrected chi connectivity index (χ2v) is 6.68. The van der Waals surface area contributed by atoms with Gasteiger partial charge < -0.3 is 14.8 Å². The third-order valence-corrected chi connectivity index (χ3v) is 4.80. The van der Waals surface area contributed by atoms with Crippen LogP contribution in [0.25, 0.3) is 0 Å². The van der Waals surface area contributed by atoms with Gasteiger partial charge in [-0.05, 0) is 51.1 Å². The molecule has 1 fully saturated rings. The third kappa shape index (κ3) is 4.72. The van der Waals surface area contributed by atoms with Crippen molar-refractivity contribution in [3.05, 3.63) is 23.8 Å². The second kappa shape index (κ2) is 8.34. The topological polar surface area (TPSA) is 67.9 Å². The van der Waals surface area contributed by atoms with Gasteiger partial charge in [-0.25, -0.2) is 0 Å². The molecule has 6 heteroatoms. The highest BCUT2D eigenvalue weighted by atomic mass is 16.6. The summed E-state index contributed by atoms with van der Waals surface area (Å²) in [6, 6.07) is 5.52. The monoisotopic (exact) mass is 346 g/mol. The molecule has 2 aliphatic rings. The number of ether oxygens (including phenoxy) is 2. The van der Waals surface area contributed by atoms with E-state index in [1.165, 1.54) is 12.8 Å². The predicted molar refractivity (Wildman–Crippen MR) is 94.3 cm³/mol. The maximum atomic E-state index is 12.3. The number of hydrogen-bond acceptors (Lipinski definition) is 5. The van der Waals surface area contributed by atoms with Crippen LogP contribution in [0.4, 0.5) is 0 Å². The lowest BCUT2D eigenvalue weighted by Gasteiger charge is -2.23. The van der Waals surface area contributed by atoms with Crippen LogP contribution in [0.15, 0.2) is 18.2 Å². The average molecular weight is 346 g/mol.